The van der Waals surface area contributed by atoms with Crippen LogP contribution in [0.3, 0.4) is 0 Å². The molecular weight excluding hydrogens is 407 g/mol. The number of halogens is 4. The van der Waals surface area contributed by atoms with Gasteiger partial charge in [0, 0.05) is 18.5 Å². The molecule has 1 atom stereocenters. The average Bonchev–Trinajstić information content (AvgIpc) is 3.29. The third-order valence-corrected chi connectivity index (χ3v) is 5.13. The summed E-state index contributed by atoms with van der Waals surface area (Å²) in [6.07, 6.45) is -4.32. The van der Waals surface area contributed by atoms with Gasteiger partial charge in [-0.3, -0.25) is 4.79 Å². The number of benzene rings is 2. The number of aromatic nitrogens is 2. The van der Waals surface area contributed by atoms with Gasteiger partial charge in [0.1, 0.15) is 0 Å². The number of hydrogen-bond acceptors (Lipinski definition) is 4. The van der Waals surface area contributed by atoms with Crippen molar-refractivity contribution in [2.24, 2.45) is 0 Å². The van der Waals surface area contributed by atoms with Gasteiger partial charge in [-0.1, -0.05) is 41.0 Å². The highest BCUT2D eigenvalue weighted by molar-refractivity contribution is 6.34. The van der Waals surface area contributed by atoms with Gasteiger partial charge < -0.3 is 9.42 Å². The van der Waals surface area contributed by atoms with Gasteiger partial charge in [0.2, 0.25) is 17.6 Å². The molecule has 1 amide bonds. The molecule has 1 unspecified atom stereocenters. The second-order valence-electron chi connectivity index (χ2n) is 6.85. The molecule has 0 radical (unpaired) electrons. The van der Waals surface area contributed by atoms with Crippen LogP contribution in [-0.2, 0) is 11.0 Å². The summed E-state index contributed by atoms with van der Waals surface area (Å²) in [5.41, 5.74) is 0.900. The molecule has 3 aromatic rings. The fraction of sp³-hybridized carbons (Fsp3) is 0.250. The van der Waals surface area contributed by atoms with Crippen molar-refractivity contribution in [2.75, 3.05) is 11.4 Å². The molecule has 0 N–H and O–H groups in total. The van der Waals surface area contributed by atoms with Crippen molar-refractivity contribution in [1.29, 1.82) is 0 Å². The van der Waals surface area contributed by atoms with E-state index in [4.69, 9.17) is 16.1 Å². The summed E-state index contributed by atoms with van der Waals surface area (Å²) in [5, 5.41) is 4.27. The van der Waals surface area contributed by atoms with E-state index in [9.17, 15) is 18.0 Å². The maximum absolute atomic E-state index is 12.9. The third-order valence-electron chi connectivity index (χ3n) is 4.82. The van der Waals surface area contributed by atoms with E-state index in [0.717, 1.165) is 17.7 Å². The van der Waals surface area contributed by atoms with Crippen LogP contribution in [0, 0.1) is 6.92 Å². The van der Waals surface area contributed by atoms with Crippen molar-refractivity contribution in [2.45, 2.75) is 25.4 Å². The summed E-state index contributed by atoms with van der Waals surface area (Å²) in [6, 6.07) is 10.1. The summed E-state index contributed by atoms with van der Waals surface area (Å²) in [6.45, 7) is 2.16. The number of carbonyl (C=O) groups excluding carboxylic acids is 1. The number of amides is 1. The van der Waals surface area contributed by atoms with Crippen molar-refractivity contribution in [1.82, 2.24) is 10.1 Å². The Morgan fingerprint density at radius 1 is 1.21 bits per heavy atom. The number of aryl methyl sites for hydroxylation is 1. The number of carbonyl (C=O) groups is 1. The van der Waals surface area contributed by atoms with Gasteiger partial charge in [0.05, 0.1) is 22.2 Å². The fourth-order valence-electron chi connectivity index (χ4n) is 3.41. The first-order valence-electron chi connectivity index (χ1n) is 8.81. The maximum atomic E-state index is 12.9. The van der Waals surface area contributed by atoms with Crippen LogP contribution in [0.15, 0.2) is 47.0 Å². The predicted molar refractivity (Wildman–Crippen MR) is 101 cm³/mol. The molecule has 0 bridgehead atoms. The minimum atomic E-state index is -4.46. The molecule has 9 heteroatoms. The van der Waals surface area contributed by atoms with Crippen LogP contribution in [0.2, 0.25) is 5.02 Å². The van der Waals surface area contributed by atoms with Gasteiger partial charge in [0.25, 0.3) is 0 Å². The number of para-hydroxylation sites is 1. The Morgan fingerprint density at radius 3 is 2.69 bits per heavy atom. The molecule has 4 rings (SSSR count). The molecule has 150 valence electrons. The van der Waals surface area contributed by atoms with Gasteiger partial charge in [-0.2, -0.15) is 18.2 Å². The van der Waals surface area contributed by atoms with E-state index < -0.39 is 11.7 Å². The molecule has 0 saturated carbocycles. The molecule has 1 aliphatic heterocycles. The lowest BCUT2D eigenvalue weighted by Crippen LogP contribution is -2.25. The number of anilines is 1. The van der Waals surface area contributed by atoms with Gasteiger partial charge in [0.15, 0.2) is 0 Å². The first-order chi connectivity index (χ1) is 13.7. The van der Waals surface area contributed by atoms with Crippen molar-refractivity contribution in [3.8, 4) is 11.4 Å². The van der Waals surface area contributed by atoms with Crippen molar-refractivity contribution in [3.63, 3.8) is 0 Å². The molecule has 0 spiro atoms. The topological polar surface area (TPSA) is 59.2 Å². The minimum Gasteiger partial charge on any atom is -0.339 e. The van der Waals surface area contributed by atoms with E-state index in [1.165, 1.54) is 12.1 Å². The van der Waals surface area contributed by atoms with E-state index in [1.807, 2.05) is 13.0 Å². The zero-order valence-electron chi connectivity index (χ0n) is 15.2. The van der Waals surface area contributed by atoms with Crippen LogP contribution in [0.4, 0.5) is 18.9 Å². The van der Waals surface area contributed by atoms with Gasteiger partial charge >= 0.3 is 6.18 Å². The summed E-state index contributed by atoms with van der Waals surface area (Å²) in [7, 11) is 0. The molecule has 2 aromatic carbocycles. The number of nitrogens with zero attached hydrogens (tertiary/aromatic N) is 3. The van der Waals surface area contributed by atoms with E-state index in [-0.39, 0.29) is 35.5 Å². The van der Waals surface area contributed by atoms with Crippen molar-refractivity contribution in [3.05, 3.63) is 64.5 Å². The lowest BCUT2D eigenvalue weighted by Gasteiger charge is -2.20. The van der Waals surface area contributed by atoms with Gasteiger partial charge in [-0.05, 0) is 30.7 Å². The zero-order valence-corrected chi connectivity index (χ0v) is 16.0. The standard InChI is InChI=1S/C20H15ClF3N3O2/c1-11-4-2-7-15(21)17(11)27-10-13(9-16(27)28)19-25-18(26-29-19)12-5-3-6-14(8-12)20(22,23)24/h2-8,13H,9-10H2,1H3. The average molecular weight is 422 g/mol. The second-order valence-corrected chi connectivity index (χ2v) is 7.25. The van der Waals surface area contributed by atoms with Crippen LogP contribution in [0.25, 0.3) is 11.4 Å². The SMILES string of the molecule is Cc1cccc(Cl)c1N1CC(c2nc(-c3cccc(C(F)(F)F)c3)no2)CC1=O. The molecule has 1 saturated heterocycles. The highest BCUT2D eigenvalue weighted by Gasteiger charge is 2.37. The lowest BCUT2D eigenvalue weighted by molar-refractivity contribution is -0.137. The van der Waals surface area contributed by atoms with Crippen LogP contribution < -0.4 is 4.90 Å². The number of alkyl halides is 3. The smallest absolute Gasteiger partial charge is 0.339 e. The van der Waals surface area contributed by atoms with E-state index >= 15 is 0 Å². The molecule has 1 fully saturated rings. The monoisotopic (exact) mass is 421 g/mol. The second kappa shape index (κ2) is 7.18. The Balaban J connectivity index is 1.59. The Bertz CT molecular complexity index is 1060. The van der Waals surface area contributed by atoms with Crippen LogP contribution >= 0.6 is 11.6 Å². The fourth-order valence-corrected chi connectivity index (χ4v) is 3.73. The Kier molecular flexibility index (Phi) is 4.82. The normalized spacial score (nSPS) is 17.2. The Labute approximate surface area is 169 Å². The predicted octanol–water partition coefficient (Wildman–Crippen LogP) is 5.24. The summed E-state index contributed by atoms with van der Waals surface area (Å²) in [4.78, 5) is 18.4. The Hall–Kier alpha value is -2.87. The van der Waals surface area contributed by atoms with Gasteiger partial charge in [-0.15, -0.1) is 0 Å². The zero-order chi connectivity index (χ0) is 20.8. The van der Waals surface area contributed by atoms with E-state index in [2.05, 4.69) is 10.1 Å². The third kappa shape index (κ3) is 3.72. The summed E-state index contributed by atoms with van der Waals surface area (Å²) >= 11 is 6.27. The lowest BCUT2D eigenvalue weighted by atomic mass is 10.1. The summed E-state index contributed by atoms with van der Waals surface area (Å²) < 4.78 is 44.1. The molecule has 0 aliphatic carbocycles. The highest BCUT2D eigenvalue weighted by Crippen LogP contribution is 2.37. The number of hydrogen-bond donors (Lipinski definition) is 0. The van der Waals surface area contributed by atoms with Crippen LogP contribution in [0.1, 0.15) is 29.4 Å². The molecule has 29 heavy (non-hydrogen) atoms. The van der Waals surface area contributed by atoms with Crippen LogP contribution in [-0.4, -0.2) is 22.6 Å². The molecule has 2 heterocycles. The Morgan fingerprint density at radius 2 is 1.97 bits per heavy atom. The highest BCUT2D eigenvalue weighted by atomic mass is 35.5. The first kappa shape index (κ1) is 19.4. The minimum absolute atomic E-state index is 0.0472. The quantitative estimate of drug-likeness (QED) is 0.580. The molecule has 1 aromatic heterocycles. The molecular formula is C20H15ClF3N3O2. The van der Waals surface area contributed by atoms with Crippen LogP contribution in [0.5, 0.6) is 0 Å². The number of rotatable bonds is 3. The van der Waals surface area contributed by atoms with Crippen molar-refractivity contribution >= 4 is 23.2 Å². The summed E-state index contributed by atoms with van der Waals surface area (Å²) in [5.74, 6) is -0.251. The maximum Gasteiger partial charge on any atom is 0.416 e. The van der Waals surface area contributed by atoms with E-state index in [0.29, 0.717) is 17.3 Å². The first-order valence-corrected chi connectivity index (χ1v) is 9.18. The van der Waals surface area contributed by atoms with Crippen molar-refractivity contribution < 1.29 is 22.5 Å². The largest absolute Gasteiger partial charge is 0.416 e. The van der Waals surface area contributed by atoms with Gasteiger partial charge in [-0.25, -0.2) is 0 Å². The molecule has 5 nitrogen and oxygen atoms in total. The van der Waals surface area contributed by atoms with E-state index in [1.54, 1.807) is 17.0 Å². The molecule has 1 aliphatic rings.